The molecular formula is C15H22N4O. The van der Waals surface area contributed by atoms with Crippen molar-refractivity contribution in [3.63, 3.8) is 0 Å². The highest BCUT2D eigenvalue weighted by Gasteiger charge is 2.11. The molecule has 5 nitrogen and oxygen atoms in total. The zero-order valence-electron chi connectivity index (χ0n) is 12.1. The number of hydrogen-bond acceptors (Lipinski definition) is 4. The van der Waals surface area contributed by atoms with Crippen LogP contribution in [0.1, 0.15) is 19.0 Å². The molecule has 0 atom stereocenters. The number of aryl methyl sites for hydroxylation is 2. The molecule has 3 N–H and O–H groups in total. The number of nitrogens with one attached hydrogen (secondary N) is 1. The minimum atomic E-state index is 0.581. The average molecular weight is 274 g/mol. The van der Waals surface area contributed by atoms with E-state index in [1.54, 1.807) is 4.68 Å². The topological polar surface area (TPSA) is 65.1 Å². The number of benzene rings is 1. The van der Waals surface area contributed by atoms with Gasteiger partial charge in [-0.05, 0) is 18.6 Å². The minimum absolute atomic E-state index is 0.581. The molecule has 0 spiro atoms. The molecule has 1 aromatic carbocycles. The van der Waals surface area contributed by atoms with Gasteiger partial charge in [-0.25, -0.2) is 0 Å². The summed E-state index contributed by atoms with van der Waals surface area (Å²) in [4.78, 5) is 0. The van der Waals surface area contributed by atoms with Crippen molar-refractivity contribution in [2.45, 2.75) is 19.8 Å². The lowest BCUT2D eigenvalue weighted by molar-refractivity contribution is 0.332. The van der Waals surface area contributed by atoms with Gasteiger partial charge in [0.2, 0.25) is 0 Å². The van der Waals surface area contributed by atoms with Crippen LogP contribution in [0.15, 0.2) is 30.3 Å². The number of aromatic nitrogens is 2. The van der Waals surface area contributed by atoms with Gasteiger partial charge in [-0.1, -0.05) is 31.5 Å². The SMILES string of the molecule is CCCc1nn(C)c(NCCOc2ccccc2)c1N. The van der Waals surface area contributed by atoms with E-state index in [9.17, 15) is 0 Å². The minimum Gasteiger partial charge on any atom is -0.492 e. The number of nitrogens with zero attached hydrogens (tertiary/aromatic N) is 2. The third-order valence-electron chi connectivity index (χ3n) is 3.05. The van der Waals surface area contributed by atoms with Crippen molar-refractivity contribution in [3.05, 3.63) is 36.0 Å². The maximum Gasteiger partial charge on any atom is 0.147 e. The van der Waals surface area contributed by atoms with Crippen LogP contribution in [-0.2, 0) is 13.5 Å². The van der Waals surface area contributed by atoms with Crippen LogP contribution in [0.25, 0.3) is 0 Å². The maximum absolute atomic E-state index is 6.10. The van der Waals surface area contributed by atoms with Crippen molar-refractivity contribution >= 4 is 11.5 Å². The van der Waals surface area contributed by atoms with Crippen molar-refractivity contribution in [1.82, 2.24) is 9.78 Å². The lowest BCUT2D eigenvalue weighted by Crippen LogP contribution is -2.14. The van der Waals surface area contributed by atoms with E-state index in [1.807, 2.05) is 37.4 Å². The third-order valence-corrected chi connectivity index (χ3v) is 3.05. The summed E-state index contributed by atoms with van der Waals surface area (Å²) in [6.07, 6.45) is 1.94. The van der Waals surface area contributed by atoms with Gasteiger partial charge in [-0.15, -0.1) is 0 Å². The monoisotopic (exact) mass is 274 g/mol. The van der Waals surface area contributed by atoms with Crippen LogP contribution in [0, 0.1) is 0 Å². The molecule has 1 heterocycles. The predicted molar refractivity (Wildman–Crippen MR) is 82.0 cm³/mol. The van der Waals surface area contributed by atoms with Crippen molar-refractivity contribution in [3.8, 4) is 5.75 Å². The molecule has 0 saturated carbocycles. The smallest absolute Gasteiger partial charge is 0.147 e. The summed E-state index contributed by atoms with van der Waals surface area (Å²) in [7, 11) is 1.90. The standard InChI is InChI=1S/C15H22N4O/c1-3-7-13-14(16)15(19(2)18-13)17-10-11-20-12-8-5-4-6-9-12/h4-6,8-9,17H,3,7,10-11,16H2,1-2H3. The number of nitrogen functional groups attached to an aromatic ring is 1. The Bertz CT molecular complexity index is 536. The van der Waals surface area contributed by atoms with E-state index >= 15 is 0 Å². The molecular weight excluding hydrogens is 252 g/mol. The first-order valence-electron chi connectivity index (χ1n) is 6.95. The molecule has 0 aliphatic rings. The van der Waals surface area contributed by atoms with Crippen molar-refractivity contribution < 1.29 is 4.74 Å². The summed E-state index contributed by atoms with van der Waals surface area (Å²) >= 11 is 0. The molecule has 0 saturated heterocycles. The molecule has 2 rings (SSSR count). The number of nitrogens with two attached hydrogens (primary N) is 1. The molecule has 0 aliphatic carbocycles. The van der Waals surface area contributed by atoms with E-state index in [0.29, 0.717) is 13.2 Å². The lowest BCUT2D eigenvalue weighted by Gasteiger charge is -2.09. The molecule has 0 aliphatic heterocycles. The number of anilines is 2. The molecule has 1 aromatic heterocycles. The molecule has 20 heavy (non-hydrogen) atoms. The van der Waals surface area contributed by atoms with Gasteiger partial charge in [0, 0.05) is 7.05 Å². The Morgan fingerprint density at radius 1 is 1.30 bits per heavy atom. The second-order valence-electron chi connectivity index (χ2n) is 4.67. The van der Waals surface area contributed by atoms with Crippen LogP contribution >= 0.6 is 0 Å². The fourth-order valence-corrected chi connectivity index (χ4v) is 2.08. The molecule has 0 unspecified atom stereocenters. The zero-order chi connectivity index (χ0) is 14.4. The molecule has 0 radical (unpaired) electrons. The van der Waals surface area contributed by atoms with E-state index < -0.39 is 0 Å². The molecule has 5 heteroatoms. The summed E-state index contributed by atoms with van der Waals surface area (Å²) < 4.78 is 7.42. The van der Waals surface area contributed by atoms with Crippen molar-refractivity contribution in [1.29, 1.82) is 0 Å². The number of hydrogen-bond donors (Lipinski definition) is 2. The van der Waals surface area contributed by atoms with Gasteiger partial charge in [-0.3, -0.25) is 4.68 Å². The molecule has 0 amide bonds. The lowest BCUT2D eigenvalue weighted by atomic mass is 10.2. The van der Waals surface area contributed by atoms with Crippen LogP contribution in [0.2, 0.25) is 0 Å². The Morgan fingerprint density at radius 3 is 2.75 bits per heavy atom. The normalized spacial score (nSPS) is 10.5. The molecule has 2 aromatic rings. The van der Waals surface area contributed by atoms with Crippen molar-refractivity contribution in [2.24, 2.45) is 7.05 Å². The summed E-state index contributed by atoms with van der Waals surface area (Å²) in [5, 5.41) is 7.71. The van der Waals surface area contributed by atoms with Crippen LogP contribution < -0.4 is 15.8 Å². The quantitative estimate of drug-likeness (QED) is 0.761. The summed E-state index contributed by atoms with van der Waals surface area (Å²) in [5.74, 6) is 1.74. The molecule has 108 valence electrons. The second kappa shape index (κ2) is 6.84. The first-order valence-corrected chi connectivity index (χ1v) is 6.95. The van der Waals surface area contributed by atoms with E-state index in [0.717, 1.165) is 35.8 Å². The fraction of sp³-hybridized carbons (Fsp3) is 0.400. The average Bonchev–Trinajstić information content (AvgIpc) is 2.72. The number of ether oxygens (including phenoxy) is 1. The number of para-hydroxylation sites is 1. The predicted octanol–water partition coefficient (Wildman–Crippen LogP) is 2.45. The van der Waals surface area contributed by atoms with Crippen molar-refractivity contribution in [2.75, 3.05) is 24.2 Å². The van der Waals surface area contributed by atoms with Gasteiger partial charge in [0.15, 0.2) is 0 Å². The van der Waals surface area contributed by atoms with Gasteiger partial charge in [-0.2, -0.15) is 5.10 Å². The Labute approximate surface area is 119 Å². The first kappa shape index (κ1) is 14.2. The summed E-state index contributed by atoms with van der Waals surface area (Å²) in [6.45, 7) is 3.39. The largest absolute Gasteiger partial charge is 0.492 e. The highest BCUT2D eigenvalue weighted by atomic mass is 16.5. The van der Waals surface area contributed by atoms with Crippen LogP contribution in [0.3, 0.4) is 0 Å². The third kappa shape index (κ3) is 3.44. The van der Waals surface area contributed by atoms with E-state index in [2.05, 4.69) is 17.3 Å². The molecule has 0 fully saturated rings. The maximum atomic E-state index is 6.10. The van der Waals surface area contributed by atoms with Crippen LogP contribution in [-0.4, -0.2) is 22.9 Å². The Kier molecular flexibility index (Phi) is 4.87. The van der Waals surface area contributed by atoms with Gasteiger partial charge in [0.05, 0.1) is 17.9 Å². The van der Waals surface area contributed by atoms with Gasteiger partial charge < -0.3 is 15.8 Å². The Morgan fingerprint density at radius 2 is 2.05 bits per heavy atom. The Balaban J connectivity index is 1.85. The van der Waals surface area contributed by atoms with Crippen LogP contribution in [0.5, 0.6) is 5.75 Å². The van der Waals surface area contributed by atoms with E-state index in [-0.39, 0.29) is 0 Å². The van der Waals surface area contributed by atoms with Gasteiger partial charge in [0.25, 0.3) is 0 Å². The van der Waals surface area contributed by atoms with E-state index in [1.165, 1.54) is 0 Å². The van der Waals surface area contributed by atoms with Gasteiger partial charge >= 0.3 is 0 Å². The second-order valence-corrected chi connectivity index (χ2v) is 4.67. The zero-order valence-corrected chi connectivity index (χ0v) is 12.1. The summed E-state index contributed by atoms with van der Waals surface area (Å²) in [5.41, 5.74) is 7.80. The fourth-order valence-electron chi connectivity index (χ4n) is 2.08. The Hall–Kier alpha value is -2.17. The first-order chi connectivity index (χ1) is 9.72. The van der Waals surface area contributed by atoms with Gasteiger partial charge in [0.1, 0.15) is 18.2 Å². The highest BCUT2D eigenvalue weighted by Crippen LogP contribution is 2.22. The summed E-state index contributed by atoms with van der Waals surface area (Å²) in [6, 6.07) is 9.77. The van der Waals surface area contributed by atoms with Crippen LogP contribution in [0.4, 0.5) is 11.5 Å². The van der Waals surface area contributed by atoms with E-state index in [4.69, 9.17) is 10.5 Å². The number of rotatable bonds is 7. The molecule has 0 bridgehead atoms. The highest BCUT2D eigenvalue weighted by molar-refractivity contribution is 5.65.